The maximum atomic E-state index is 12.6. The molecule has 8 heteroatoms. The van der Waals surface area contributed by atoms with Gasteiger partial charge in [-0.1, -0.05) is 12.1 Å². The topological polar surface area (TPSA) is 80.8 Å². The third-order valence-corrected chi connectivity index (χ3v) is 6.59. The molecule has 1 aliphatic rings. The lowest BCUT2D eigenvalue weighted by Gasteiger charge is -2.26. The molecule has 1 aliphatic heterocycles. The molecule has 0 spiro atoms. The molecular weight excluding hydrogens is 362 g/mol. The van der Waals surface area contributed by atoms with Crippen molar-refractivity contribution >= 4 is 33.1 Å². The molecular formula is C17H17NO5S2. The fraction of sp³-hybridized carbons (Fsp3) is 0.294. The van der Waals surface area contributed by atoms with Gasteiger partial charge in [0, 0.05) is 24.2 Å². The molecule has 2 aromatic rings. The van der Waals surface area contributed by atoms with Crippen molar-refractivity contribution in [2.24, 2.45) is 0 Å². The van der Waals surface area contributed by atoms with Crippen molar-refractivity contribution in [3.63, 3.8) is 0 Å². The highest BCUT2D eigenvalue weighted by Gasteiger charge is 2.26. The quantitative estimate of drug-likeness (QED) is 0.763. The van der Waals surface area contributed by atoms with Gasteiger partial charge in [-0.3, -0.25) is 4.79 Å². The van der Waals surface area contributed by atoms with Crippen LogP contribution in [-0.2, 0) is 14.6 Å². The van der Waals surface area contributed by atoms with E-state index in [9.17, 15) is 18.0 Å². The third-order valence-electron chi connectivity index (χ3n) is 4.09. The maximum absolute atomic E-state index is 12.6. The van der Waals surface area contributed by atoms with E-state index in [1.165, 1.54) is 18.4 Å². The summed E-state index contributed by atoms with van der Waals surface area (Å²) in [6.45, 7) is 0.411. The fourth-order valence-electron chi connectivity index (χ4n) is 2.71. The van der Waals surface area contributed by atoms with Crippen molar-refractivity contribution in [1.82, 2.24) is 4.90 Å². The molecule has 0 N–H and O–H groups in total. The zero-order valence-corrected chi connectivity index (χ0v) is 15.2. The van der Waals surface area contributed by atoms with Gasteiger partial charge in [-0.2, -0.15) is 0 Å². The molecule has 25 heavy (non-hydrogen) atoms. The van der Waals surface area contributed by atoms with E-state index < -0.39 is 15.8 Å². The van der Waals surface area contributed by atoms with Gasteiger partial charge in [0.05, 0.1) is 18.6 Å². The number of benzene rings is 1. The van der Waals surface area contributed by atoms with Crippen LogP contribution in [0.1, 0.15) is 20.0 Å². The summed E-state index contributed by atoms with van der Waals surface area (Å²) in [6.07, 6.45) is 0. The summed E-state index contributed by atoms with van der Waals surface area (Å²) in [4.78, 5) is 26.5. The summed E-state index contributed by atoms with van der Waals surface area (Å²) in [5.74, 6) is -0.625. The van der Waals surface area contributed by atoms with E-state index in [0.29, 0.717) is 16.0 Å². The number of carbonyl (C=O) groups is 2. The number of amides is 1. The molecule has 6 nitrogen and oxygen atoms in total. The minimum absolute atomic E-state index is 0.00451. The van der Waals surface area contributed by atoms with Crippen LogP contribution < -0.4 is 0 Å². The molecule has 1 fully saturated rings. The molecule has 0 atom stereocenters. The van der Waals surface area contributed by atoms with Crippen LogP contribution in [0.15, 0.2) is 35.7 Å². The zero-order valence-electron chi connectivity index (χ0n) is 13.6. The number of ether oxygens (including phenoxy) is 1. The highest BCUT2D eigenvalue weighted by Crippen LogP contribution is 2.29. The Morgan fingerprint density at radius 2 is 1.88 bits per heavy atom. The molecule has 3 rings (SSSR count). The Morgan fingerprint density at radius 1 is 1.16 bits per heavy atom. The molecule has 1 saturated heterocycles. The van der Waals surface area contributed by atoms with Gasteiger partial charge in [-0.15, -0.1) is 11.3 Å². The van der Waals surface area contributed by atoms with E-state index in [1.807, 2.05) is 12.1 Å². The van der Waals surface area contributed by atoms with Gasteiger partial charge in [-0.05, 0) is 29.1 Å². The third kappa shape index (κ3) is 3.74. The van der Waals surface area contributed by atoms with Crippen molar-refractivity contribution in [3.05, 3.63) is 46.2 Å². The molecule has 1 amide bonds. The average Bonchev–Trinajstić information content (AvgIpc) is 3.10. The van der Waals surface area contributed by atoms with Crippen LogP contribution in [0.2, 0.25) is 0 Å². The van der Waals surface area contributed by atoms with Crippen LogP contribution in [-0.4, -0.2) is 56.9 Å². The lowest BCUT2D eigenvalue weighted by molar-refractivity contribution is 0.0606. The van der Waals surface area contributed by atoms with Crippen molar-refractivity contribution in [2.45, 2.75) is 0 Å². The summed E-state index contributed by atoms with van der Waals surface area (Å²) in [5, 5.41) is 1.80. The normalized spacial score (nSPS) is 16.4. The largest absolute Gasteiger partial charge is 0.465 e. The molecule has 2 heterocycles. The van der Waals surface area contributed by atoms with Crippen LogP contribution >= 0.6 is 11.3 Å². The van der Waals surface area contributed by atoms with E-state index >= 15 is 0 Å². The van der Waals surface area contributed by atoms with E-state index in [1.54, 1.807) is 28.5 Å². The molecule has 0 bridgehead atoms. The number of carbonyl (C=O) groups excluding carboxylic acids is 2. The standard InChI is InChI=1S/C17H17NO5S2/c1-23-17(20)15-14(5-8-24-15)12-3-2-4-13(11-12)16(19)18-6-9-25(21,22)10-7-18/h2-5,8,11H,6-7,9-10H2,1H3. The molecule has 132 valence electrons. The Labute approximate surface area is 149 Å². The number of hydrogen-bond donors (Lipinski definition) is 0. The molecule has 0 saturated carbocycles. The Bertz CT molecular complexity index is 903. The smallest absolute Gasteiger partial charge is 0.348 e. The molecule has 1 aromatic carbocycles. The number of methoxy groups -OCH3 is 1. The summed E-state index contributed by atoms with van der Waals surface area (Å²) >= 11 is 1.28. The summed E-state index contributed by atoms with van der Waals surface area (Å²) in [5.41, 5.74) is 1.93. The second-order valence-corrected chi connectivity index (χ2v) is 8.90. The number of hydrogen-bond acceptors (Lipinski definition) is 6. The van der Waals surface area contributed by atoms with Gasteiger partial charge < -0.3 is 9.64 Å². The molecule has 0 radical (unpaired) electrons. The second-order valence-electron chi connectivity index (χ2n) is 5.68. The minimum atomic E-state index is -3.04. The van der Waals surface area contributed by atoms with E-state index in [0.717, 1.165) is 5.56 Å². The zero-order chi connectivity index (χ0) is 18.0. The Kier molecular flexibility index (Phi) is 4.91. The molecule has 0 aliphatic carbocycles. The first kappa shape index (κ1) is 17.6. The van der Waals surface area contributed by atoms with Crippen LogP contribution in [0.5, 0.6) is 0 Å². The molecule has 1 aromatic heterocycles. The number of esters is 1. The first-order valence-corrected chi connectivity index (χ1v) is 10.4. The summed E-state index contributed by atoms with van der Waals surface area (Å²) in [7, 11) is -1.71. The SMILES string of the molecule is COC(=O)c1sccc1-c1cccc(C(=O)N2CCS(=O)(=O)CC2)c1. The predicted molar refractivity (Wildman–Crippen MR) is 95.7 cm³/mol. The van der Waals surface area contributed by atoms with Gasteiger partial charge >= 0.3 is 5.97 Å². The van der Waals surface area contributed by atoms with Crippen LogP contribution in [0.25, 0.3) is 11.1 Å². The Balaban J connectivity index is 1.86. The van der Waals surface area contributed by atoms with Crippen molar-refractivity contribution in [3.8, 4) is 11.1 Å². The van der Waals surface area contributed by atoms with Gasteiger partial charge in [-0.25, -0.2) is 13.2 Å². The highest BCUT2D eigenvalue weighted by atomic mass is 32.2. The van der Waals surface area contributed by atoms with Gasteiger partial charge in [0.25, 0.3) is 5.91 Å². The second kappa shape index (κ2) is 6.97. The van der Waals surface area contributed by atoms with Crippen LogP contribution in [0, 0.1) is 0 Å². The number of rotatable bonds is 3. The Morgan fingerprint density at radius 3 is 2.56 bits per heavy atom. The highest BCUT2D eigenvalue weighted by molar-refractivity contribution is 7.91. The van der Waals surface area contributed by atoms with Crippen molar-refractivity contribution < 1.29 is 22.7 Å². The van der Waals surface area contributed by atoms with E-state index in [-0.39, 0.29) is 30.5 Å². The fourth-order valence-corrected chi connectivity index (χ4v) is 4.74. The minimum Gasteiger partial charge on any atom is -0.465 e. The lowest BCUT2D eigenvalue weighted by atomic mass is 10.0. The predicted octanol–water partition coefficient (Wildman–Crippen LogP) is 2.07. The number of nitrogens with zero attached hydrogens (tertiary/aromatic N) is 1. The van der Waals surface area contributed by atoms with E-state index in [4.69, 9.17) is 4.74 Å². The average molecular weight is 379 g/mol. The monoisotopic (exact) mass is 379 g/mol. The van der Waals surface area contributed by atoms with Gasteiger partial charge in [0.1, 0.15) is 4.88 Å². The van der Waals surface area contributed by atoms with Gasteiger partial charge in [0.2, 0.25) is 0 Å². The van der Waals surface area contributed by atoms with Crippen LogP contribution in [0.4, 0.5) is 0 Å². The maximum Gasteiger partial charge on any atom is 0.348 e. The van der Waals surface area contributed by atoms with Crippen molar-refractivity contribution in [2.75, 3.05) is 31.7 Å². The first-order valence-electron chi connectivity index (χ1n) is 7.67. The number of thiophene rings is 1. The van der Waals surface area contributed by atoms with Crippen LogP contribution in [0.3, 0.4) is 0 Å². The molecule has 0 unspecified atom stereocenters. The number of sulfone groups is 1. The van der Waals surface area contributed by atoms with Crippen molar-refractivity contribution in [1.29, 1.82) is 0 Å². The van der Waals surface area contributed by atoms with E-state index in [2.05, 4.69) is 0 Å². The summed E-state index contributed by atoms with van der Waals surface area (Å²) in [6, 6.07) is 8.81. The lowest BCUT2D eigenvalue weighted by Crippen LogP contribution is -2.43. The Hall–Kier alpha value is -2.19. The van der Waals surface area contributed by atoms with Gasteiger partial charge in [0.15, 0.2) is 9.84 Å². The summed E-state index contributed by atoms with van der Waals surface area (Å²) < 4.78 is 27.8. The first-order chi connectivity index (χ1) is 11.9.